The molecule has 0 unspecified atom stereocenters. The van der Waals surface area contributed by atoms with Crippen molar-refractivity contribution in [3.8, 4) is 5.75 Å². The summed E-state index contributed by atoms with van der Waals surface area (Å²) in [7, 11) is 0. The third-order valence-corrected chi connectivity index (χ3v) is 3.37. The van der Waals surface area contributed by atoms with E-state index >= 15 is 0 Å². The lowest BCUT2D eigenvalue weighted by molar-refractivity contribution is 0.0523. The van der Waals surface area contributed by atoms with Gasteiger partial charge in [0.15, 0.2) is 0 Å². The third-order valence-electron chi connectivity index (χ3n) is 3.37. The highest BCUT2D eigenvalue weighted by molar-refractivity contribution is 5.93. The molecule has 0 saturated heterocycles. The van der Waals surface area contributed by atoms with Crippen LogP contribution in [0, 0.1) is 0 Å². The SMILES string of the molecule is CCCCc1cc(O)cc(CCCC)c1C(=O)OCC. The minimum absolute atomic E-state index is 0.246. The zero-order chi connectivity index (χ0) is 15.0. The van der Waals surface area contributed by atoms with E-state index < -0.39 is 0 Å². The monoisotopic (exact) mass is 278 g/mol. The molecular weight excluding hydrogens is 252 g/mol. The van der Waals surface area contributed by atoms with E-state index in [9.17, 15) is 9.90 Å². The van der Waals surface area contributed by atoms with Crippen molar-refractivity contribution in [1.82, 2.24) is 0 Å². The topological polar surface area (TPSA) is 46.5 Å². The Balaban J connectivity index is 3.17. The van der Waals surface area contributed by atoms with Gasteiger partial charge in [-0.05, 0) is 55.9 Å². The molecule has 0 spiro atoms. The van der Waals surface area contributed by atoms with Crippen LogP contribution in [0.25, 0.3) is 0 Å². The van der Waals surface area contributed by atoms with Crippen molar-refractivity contribution in [2.24, 2.45) is 0 Å². The Hall–Kier alpha value is -1.51. The largest absolute Gasteiger partial charge is 0.508 e. The Bertz CT molecular complexity index is 409. The van der Waals surface area contributed by atoms with Gasteiger partial charge in [-0.3, -0.25) is 0 Å². The second-order valence-corrected chi connectivity index (χ2v) is 5.07. The molecule has 0 heterocycles. The molecule has 1 rings (SSSR count). The Morgan fingerprint density at radius 1 is 1.05 bits per heavy atom. The summed E-state index contributed by atoms with van der Waals surface area (Å²) < 4.78 is 5.19. The smallest absolute Gasteiger partial charge is 0.338 e. The molecule has 0 atom stereocenters. The van der Waals surface area contributed by atoms with Gasteiger partial charge in [-0.1, -0.05) is 26.7 Å². The van der Waals surface area contributed by atoms with Gasteiger partial charge in [0.05, 0.1) is 12.2 Å². The molecule has 3 nitrogen and oxygen atoms in total. The highest BCUT2D eigenvalue weighted by Gasteiger charge is 2.18. The standard InChI is InChI=1S/C17H26O3/c1-4-7-9-13-11-15(18)12-14(10-8-5-2)16(13)17(19)20-6-3/h11-12,18H,4-10H2,1-3H3. The van der Waals surface area contributed by atoms with Crippen molar-refractivity contribution >= 4 is 5.97 Å². The summed E-state index contributed by atoms with van der Waals surface area (Å²) in [4.78, 5) is 12.2. The van der Waals surface area contributed by atoms with Crippen LogP contribution in [0.2, 0.25) is 0 Å². The molecule has 1 aromatic carbocycles. The average Bonchev–Trinajstić information content (AvgIpc) is 2.42. The van der Waals surface area contributed by atoms with Crippen LogP contribution in [0.15, 0.2) is 12.1 Å². The van der Waals surface area contributed by atoms with Gasteiger partial charge in [0.25, 0.3) is 0 Å². The van der Waals surface area contributed by atoms with E-state index in [1.54, 1.807) is 12.1 Å². The quantitative estimate of drug-likeness (QED) is 0.723. The minimum atomic E-state index is -0.260. The van der Waals surface area contributed by atoms with E-state index in [-0.39, 0.29) is 11.7 Å². The lowest BCUT2D eigenvalue weighted by Crippen LogP contribution is -2.12. The maximum absolute atomic E-state index is 12.2. The molecule has 0 saturated carbocycles. The molecule has 0 fully saturated rings. The number of esters is 1. The summed E-state index contributed by atoms with van der Waals surface area (Å²) in [5.41, 5.74) is 2.50. The Morgan fingerprint density at radius 3 is 1.95 bits per heavy atom. The number of unbranched alkanes of at least 4 members (excludes halogenated alkanes) is 2. The molecule has 1 aromatic rings. The first kappa shape index (κ1) is 16.5. The number of benzene rings is 1. The first-order valence-electron chi connectivity index (χ1n) is 7.65. The number of aryl methyl sites for hydroxylation is 2. The number of hydrogen-bond donors (Lipinski definition) is 1. The Morgan fingerprint density at radius 2 is 1.55 bits per heavy atom. The number of ether oxygens (including phenoxy) is 1. The number of hydrogen-bond acceptors (Lipinski definition) is 3. The summed E-state index contributed by atoms with van der Waals surface area (Å²) in [6.45, 7) is 6.42. The van der Waals surface area contributed by atoms with Gasteiger partial charge in [0.2, 0.25) is 0 Å². The van der Waals surface area contributed by atoms with Gasteiger partial charge in [-0.15, -0.1) is 0 Å². The van der Waals surface area contributed by atoms with Gasteiger partial charge < -0.3 is 9.84 Å². The molecule has 0 aromatic heterocycles. The highest BCUT2D eigenvalue weighted by Crippen LogP contribution is 2.26. The van der Waals surface area contributed by atoms with Crippen LogP contribution in [0.5, 0.6) is 5.75 Å². The maximum atomic E-state index is 12.2. The maximum Gasteiger partial charge on any atom is 0.338 e. The molecule has 0 aliphatic carbocycles. The minimum Gasteiger partial charge on any atom is -0.508 e. The van der Waals surface area contributed by atoms with Gasteiger partial charge >= 0.3 is 5.97 Å². The molecule has 0 aliphatic rings. The zero-order valence-corrected chi connectivity index (χ0v) is 12.9. The molecule has 0 bridgehead atoms. The zero-order valence-electron chi connectivity index (χ0n) is 12.9. The molecule has 0 aliphatic heterocycles. The van der Waals surface area contributed by atoms with Crippen LogP contribution >= 0.6 is 0 Å². The normalized spacial score (nSPS) is 10.6. The number of phenolic OH excluding ortho intramolecular Hbond substituents is 1. The predicted octanol–water partition coefficient (Wildman–Crippen LogP) is 4.25. The lowest BCUT2D eigenvalue weighted by atomic mass is 9.93. The van der Waals surface area contributed by atoms with E-state index in [0.717, 1.165) is 49.7 Å². The second-order valence-electron chi connectivity index (χ2n) is 5.07. The van der Waals surface area contributed by atoms with Crippen LogP contribution in [0.1, 0.15) is 67.9 Å². The van der Waals surface area contributed by atoms with Crippen molar-refractivity contribution in [3.05, 3.63) is 28.8 Å². The van der Waals surface area contributed by atoms with E-state index in [4.69, 9.17) is 4.74 Å². The van der Waals surface area contributed by atoms with Crippen LogP contribution < -0.4 is 0 Å². The number of carbonyl (C=O) groups is 1. The first-order valence-corrected chi connectivity index (χ1v) is 7.65. The van der Waals surface area contributed by atoms with Crippen molar-refractivity contribution in [3.63, 3.8) is 0 Å². The fraction of sp³-hybridized carbons (Fsp3) is 0.588. The summed E-state index contributed by atoms with van der Waals surface area (Å²) in [6, 6.07) is 3.41. The fourth-order valence-corrected chi connectivity index (χ4v) is 2.34. The van der Waals surface area contributed by atoms with Gasteiger partial charge in [0.1, 0.15) is 5.75 Å². The van der Waals surface area contributed by atoms with Gasteiger partial charge in [-0.2, -0.15) is 0 Å². The van der Waals surface area contributed by atoms with Gasteiger partial charge in [0, 0.05) is 0 Å². The molecule has 20 heavy (non-hydrogen) atoms. The lowest BCUT2D eigenvalue weighted by Gasteiger charge is -2.14. The molecular formula is C17H26O3. The Kier molecular flexibility index (Phi) is 7.13. The summed E-state index contributed by atoms with van der Waals surface area (Å²) >= 11 is 0. The number of rotatable bonds is 8. The molecule has 1 N–H and O–H groups in total. The summed E-state index contributed by atoms with van der Waals surface area (Å²) in [5.74, 6) is -0.0139. The summed E-state index contributed by atoms with van der Waals surface area (Å²) in [5, 5.41) is 9.88. The van der Waals surface area contributed by atoms with Crippen LogP contribution in [0.4, 0.5) is 0 Å². The second kappa shape index (κ2) is 8.62. The molecule has 112 valence electrons. The highest BCUT2D eigenvalue weighted by atomic mass is 16.5. The van der Waals surface area contributed by atoms with Crippen molar-refractivity contribution in [2.75, 3.05) is 6.61 Å². The van der Waals surface area contributed by atoms with Crippen molar-refractivity contribution < 1.29 is 14.6 Å². The number of aromatic hydroxyl groups is 1. The molecule has 0 amide bonds. The molecule has 3 heteroatoms. The van der Waals surface area contributed by atoms with Gasteiger partial charge in [-0.25, -0.2) is 4.79 Å². The van der Waals surface area contributed by atoms with Crippen LogP contribution in [-0.4, -0.2) is 17.7 Å². The third kappa shape index (κ3) is 4.55. The number of carbonyl (C=O) groups excluding carboxylic acids is 1. The van der Waals surface area contributed by atoms with Crippen LogP contribution in [0.3, 0.4) is 0 Å². The predicted molar refractivity (Wildman–Crippen MR) is 81.3 cm³/mol. The van der Waals surface area contributed by atoms with Crippen molar-refractivity contribution in [1.29, 1.82) is 0 Å². The van der Waals surface area contributed by atoms with Crippen molar-refractivity contribution in [2.45, 2.75) is 59.3 Å². The average molecular weight is 278 g/mol. The van der Waals surface area contributed by atoms with Crippen LogP contribution in [-0.2, 0) is 17.6 Å². The van der Waals surface area contributed by atoms with E-state index in [1.165, 1.54) is 0 Å². The van der Waals surface area contributed by atoms with E-state index in [0.29, 0.717) is 12.2 Å². The Labute approximate surface area is 122 Å². The summed E-state index contributed by atoms with van der Waals surface area (Å²) in [6.07, 6.45) is 5.73. The molecule has 0 radical (unpaired) electrons. The van der Waals surface area contributed by atoms with E-state index in [2.05, 4.69) is 13.8 Å². The first-order chi connectivity index (χ1) is 9.63. The van der Waals surface area contributed by atoms with E-state index in [1.807, 2.05) is 6.92 Å². The fourth-order valence-electron chi connectivity index (χ4n) is 2.34. The number of phenols is 1.